The average molecular weight is 286 g/mol. The Morgan fingerprint density at radius 1 is 1.58 bits per heavy atom. The van der Waals surface area contributed by atoms with Crippen LogP contribution >= 0.6 is 0 Å². The zero-order chi connectivity index (χ0) is 14.0. The lowest BCUT2D eigenvalue weighted by molar-refractivity contribution is -0.117. The van der Waals surface area contributed by atoms with Gasteiger partial charge in [0.15, 0.2) is 5.82 Å². The number of nitrogens with one attached hydrogen (secondary N) is 1. The number of primary sulfonamides is 1. The number of nitrogens with two attached hydrogens (primary N) is 1. The highest BCUT2D eigenvalue weighted by Crippen LogP contribution is 2.24. The molecule has 0 radical (unpaired) electrons. The minimum absolute atomic E-state index is 0.108. The van der Waals surface area contributed by atoms with Crippen molar-refractivity contribution in [1.82, 2.24) is 10.2 Å². The SMILES string of the molecule is CCCc1cc(N2CC(CS(N)(=O)=O)CC2=O)n[nH]1. The molecule has 0 saturated carbocycles. The number of amides is 1. The molecule has 0 aliphatic carbocycles. The van der Waals surface area contributed by atoms with Gasteiger partial charge in [-0.3, -0.25) is 14.8 Å². The predicted molar refractivity (Wildman–Crippen MR) is 71.0 cm³/mol. The number of hydrogen-bond acceptors (Lipinski definition) is 4. The van der Waals surface area contributed by atoms with Crippen molar-refractivity contribution in [1.29, 1.82) is 0 Å². The Morgan fingerprint density at radius 3 is 2.95 bits per heavy atom. The van der Waals surface area contributed by atoms with E-state index in [1.54, 1.807) is 0 Å². The van der Waals surface area contributed by atoms with E-state index in [0.29, 0.717) is 12.4 Å². The number of H-pyrrole nitrogens is 1. The van der Waals surface area contributed by atoms with Gasteiger partial charge in [0.1, 0.15) is 0 Å². The molecule has 2 heterocycles. The van der Waals surface area contributed by atoms with E-state index < -0.39 is 10.0 Å². The van der Waals surface area contributed by atoms with Crippen LogP contribution in [0.4, 0.5) is 5.82 Å². The Labute approximate surface area is 112 Å². The molecule has 1 amide bonds. The summed E-state index contributed by atoms with van der Waals surface area (Å²) in [6.07, 6.45) is 2.06. The van der Waals surface area contributed by atoms with Crippen molar-refractivity contribution in [2.24, 2.45) is 11.1 Å². The lowest BCUT2D eigenvalue weighted by Crippen LogP contribution is -2.27. The zero-order valence-electron chi connectivity index (χ0n) is 10.8. The van der Waals surface area contributed by atoms with Gasteiger partial charge in [-0.1, -0.05) is 13.3 Å². The van der Waals surface area contributed by atoms with E-state index in [4.69, 9.17) is 5.14 Å². The van der Waals surface area contributed by atoms with Gasteiger partial charge in [-0.05, 0) is 6.42 Å². The molecule has 0 aromatic carbocycles. The van der Waals surface area contributed by atoms with Gasteiger partial charge >= 0.3 is 0 Å². The van der Waals surface area contributed by atoms with E-state index in [2.05, 4.69) is 17.1 Å². The number of sulfonamides is 1. The van der Waals surface area contributed by atoms with Crippen molar-refractivity contribution in [2.75, 3.05) is 17.2 Å². The van der Waals surface area contributed by atoms with Crippen LogP contribution in [0.2, 0.25) is 0 Å². The first-order chi connectivity index (χ1) is 8.89. The fourth-order valence-corrected chi connectivity index (χ4v) is 3.21. The highest BCUT2D eigenvalue weighted by atomic mass is 32.2. The first-order valence-electron chi connectivity index (χ1n) is 6.24. The standard InChI is InChI=1S/C11H18N4O3S/c1-2-3-9-5-10(14-13-9)15-6-8(4-11(15)16)7-19(12,17)18/h5,8H,2-4,6-7H2,1H3,(H,13,14)(H2,12,17,18). The summed E-state index contributed by atoms with van der Waals surface area (Å²) in [4.78, 5) is 13.4. The Kier molecular flexibility index (Phi) is 3.91. The molecular formula is C11H18N4O3S. The van der Waals surface area contributed by atoms with E-state index in [9.17, 15) is 13.2 Å². The largest absolute Gasteiger partial charge is 0.295 e. The van der Waals surface area contributed by atoms with Crippen molar-refractivity contribution < 1.29 is 13.2 Å². The third kappa shape index (κ3) is 3.54. The average Bonchev–Trinajstić information content (AvgIpc) is 2.84. The van der Waals surface area contributed by atoms with Gasteiger partial charge in [0.2, 0.25) is 15.9 Å². The number of rotatable bonds is 5. The molecule has 3 N–H and O–H groups in total. The highest BCUT2D eigenvalue weighted by Gasteiger charge is 2.33. The van der Waals surface area contributed by atoms with E-state index in [1.165, 1.54) is 4.90 Å². The van der Waals surface area contributed by atoms with Gasteiger partial charge in [-0.25, -0.2) is 13.6 Å². The third-order valence-electron chi connectivity index (χ3n) is 3.09. The molecule has 0 bridgehead atoms. The monoisotopic (exact) mass is 286 g/mol. The van der Waals surface area contributed by atoms with E-state index in [-0.39, 0.29) is 24.0 Å². The van der Waals surface area contributed by atoms with Gasteiger partial charge < -0.3 is 0 Å². The molecule has 8 heteroatoms. The van der Waals surface area contributed by atoms with Crippen molar-refractivity contribution in [3.05, 3.63) is 11.8 Å². The molecular weight excluding hydrogens is 268 g/mol. The maximum Gasteiger partial charge on any atom is 0.228 e. The van der Waals surface area contributed by atoms with Crippen LogP contribution in [0.15, 0.2) is 6.07 Å². The Hall–Kier alpha value is -1.41. The summed E-state index contributed by atoms with van der Waals surface area (Å²) in [7, 11) is -3.55. The molecule has 7 nitrogen and oxygen atoms in total. The van der Waals surface area contributed by atoms with Crippen LogP contribution in [0, 0.1) is 5.92 Å². The van der Waals surface area contributed by atoms with E-state index in [1.807, 2.05) is 6.07 Å². The number of aryl methyl sites for hydroxylation is 1. The number of anilines is 1. The molecule has 1 aromatic rings. The number of aromatic nitrogens is 2. The third-order valence-corrected chi connectivity index (χ3v) is 4.02. The second-order valence-corrected chi connectivity index (χ2v) is 6.56. The minimum atomic E-state index is -3.55. The molecule has 1 aliphatic rings. The lowest BCUT2D eigenvalue weighted by atomic mass is 10.1. The van der Waals surface area contributed by atoms with Crippen molar-refractivity contribution >= 4 is 21.7 Å². The van der Waals surface area contributed by atoms with Gasteiger partial charge in [-0.2, -0.15) is 5.10 Å². The number of hydrogen-bond donors (Lipinski definition) is 2. The van der Waals surface area contributed by atoms with Crippen LogP contribution < -0.4 is 10.0 Å². The Bertz CT molecular complexity index is 566. The molecule has 1 unspecified atom stereocenters. The summed E-state index contributed by atoms with van der Waals surface area (Å²) >= 11 is 0. The summed E-state index contributed by atoms with van der Waals surface area (Å²) in [5.74, 6) is 0.0315. The van der Waals surface area contributed by atoms with Crippen LogP contribution in [-0.2, 0) is 21.2 Å². The Balaban J connectivity index is 2.06. The smallest absolute Gasteiger partial charge is 0.228 e. The van der Waals surface area contributed by atoms with Crippen molar-refractivity contribution in [3.63, 3.8) is 0 Å². The number of aromatic amines is 1. The molecule has 19 heavy (non-hydrogen) atoms. The normalized spacial score (nSPS) is 20.2. The summed E-state index contributed by atoms with van der Waals surface area (Å²) in [5.41, 5.74) is 0.972. The van der Waals surface area contributed by atoms with Crippen LogP contribution in [0.25, 0.3) is 0 Å². The van der Waals surface area contributed by atoms with Gasteiger partial charge in [0.05, 0.1) is 5.75 Å². The predicted octanol–water partition coefficient (Wildman–Crippen LogP) is 0.00360. The maximum atomic E-state index is 11.9. The van der Waals surface area contributed by atoms with Gasteiger partial charge in [-0.15, -0.1) is 0 Å². The Morgan fingerprint density at radius 2 is 2.32 bits per heavy atom. The van der Waals surface area contributed by atoms with Crippen LogP contribution in [0.3, 0.4) is 0 Å². The number of nitrogens with zero attached hydrogens (tertiary/aromatic N) is 2. The lowest BCUT2D eigenvalue weighted by Gasteiger charge is -2.12. The molecule has 1 atom stereocenters. The fourth-order valence-electron chi connectivity index (χ4n) is 2.33. The quantitative estimate of drug-likeness (QED) is 0.794. The molecule has 1 fully saturated rings. The van der Waals surface area contributed by atoms with Crippen molar-refractivity contribution in [3.8, 4) is 0 Å². The summed E-state index contributed by atoms with van der Waals surface area (Å²) < 4.78 is 22.1. The summed E-state index contributed by atoms with van der Waals surface area (Å²) in [5, 5.41) is 12.0. The minimum Gasteiger partial charge on any atom is -0.295 e. The first kappa shape index (κ1) is 14.0. The highest BCUT2D eigenvalue weighted by molar-refractivity contribution is 7.89. The molecule has 1 aliphatic heterocycles. The molecule has 2 rings (SSSR count). The first-order valence-corrected chi connectivity index (χ1v) is 7.95. The van der Waals surface area contributed by atoms with Crippen LogP contribution in [0.1, 0.15) is 25.5 Å². The molecule has 1 aromatic heterocycles. The number of carbonyl (C=O) groups is 1. The topological polar surface area (TPSA) is 109 Å². The number of carbonyl (C=O) groups excluding carboxylic acids is 1. The fraction of sp³-hybridized carbons (Fsp3) is 0.636. The van der Waals surface area contributed by atoms with Crippen LogP contribution in [0.5, 0.6) is 0 Å². The molecule has 0 spiro atoms. The summed E-state index contributed by atoms with van der Waals surface area (Å²) in [6.45, 7) is 2.41. The van der Waals surface area contributed by atoms with Crippen LogP contribution in [-0.4, -0.2) is 36.8 Å². The zero-order valence-corrected chi connectivity index (χ0v) is 11.6. The van der Waals surface area contributed by atoms with E-state index in [0.717, 1.165) is 18.5 Å². The molecule has 106 valence electrons. The van der Waals surface area contributed by atoms with E-state index >= 15 is 0 Å². The second kappa shape index (κ2) is 5.30. The second-order valence-electron chi connectivity index (χ2n) is 4.91. The van der Waals surface area contributed by atoms with Gasteiger partial charge in [0, 0.05) is 30.6 Å². The summed E-state index contributed by atoms with van der Waals surface area (Å²) in [6, 6.07) is 1.83. The molecule has 1 saturated heterocycles. The van der Waals surface area contributed by atoms with Gasteiger partial charge in [0.25, 0.3) is 0 Å². The maximum absolute atomic E-state index is 11.9. The van der Waals surface area contributed by atoms with Crippen molar-refractivity contribution in [2.45, 2.75) is 26.2 Å².